The Morgan fingerprint density at radius 1 is 1.60 bits per heavy atom. The van der Waals surface area contributed by atoms with E-state index in [0.717, 1.165) is 25.8 Å². The van der Waals surface area contributed by atoms with Gasteiger partial charge in [0.05, 0.1) is 6.07 Å². The van der Waals surface area contributed by atoms with Crippen LogP contribution in [-0.4, -0.2) is 12.8 Å². The second kappa shape index (κ2) is 1.82. The molecule has 2 heteroatoms. The Morgan fingerprint density at radius 3 is 2.90 bits per heavy atom. The summed E-state index contributed by atoms with van der Waals surface area (Å²) in [6.07, 6.45) is 5.30. The molecule has 0 saturated heterocycles. The maximum atomic E-state index is 8.54. The average Bonchev–Trinajstić information content (AvgIpc) is 2.30. The maximum absolute atomic E-state index is 8.54. The highest BCUT2D eigenvalue weighted by Crippen LogP contribution is 2.49. The van der Waals surface area contributed by atoms with Crippen LogP contribution >= 0.6 is 0 Å². The van der Waals surface area contributed by atoms with Crippen molar-refractivity contribution in [3.63, 3.8) is 0 Å². The lowest BCUT2D eigenvalue weighted by Gasteiger charge is -2.40. The Bertz CT molecular complexity index is 196. The molecular weight excluding hydrogens is 124 g/mol. The monoisotopic (exact) mass is 134 g/mol. The van der Waals surface area contributed by atoms with Gasteiger partial charge in [-0.2, -0.15) is 5.26 Å². The standard InChI is InChI=1S/C8H10N2/c9-5-7-3-8(4-7)1-2-10-6-8/h2,7H,1,3-4,6H2. The van der Waals surface area contributed by atoms with E-state index in [-0.39, 0.29) is 0 Å². The molecule has 0 aromatic heterocycles. The minimum atomic E-state index is 0.335. The third-order valence-corrected chi connectivity index (χ3v) is 2.62. The van der Waals surface area contributed by atoms with E-state index >= 15 is 0 Å². The smallest absolute Gasteiger partial charge is 0.0656 e. The first-order chi connectivity index (χ1) is 4.85. The van der Waals surface area contributed by atoms with E-state index in [4.69, 9.17) is 5.26 Å². The van der Waals surface area contributed by atoms with E-state index in [1.807, 2.05) is 6.21 Å². The van der Waals surface area contributed by atoms with Crippen LogP contribution < -0.4 is 0 Å². The molecule has 1 fully saturated rings. The molecule has 1 spiro atoms. The fourth-order valence-corrected chi connectivity index (χ4v) is 1.95. The number of nitriles is 1. The average molecular weight is 134 g/mol. The number of aliphatic imine (C=N–C) groups is 1. The summed E-state index contributed by atoms with van der Waals surface area (Å²) < 4.78 is 0. The number of rotatable bonds is 0. The van der Waals surface area contributed by atoms with Crippen LogP contribution in [0.5, 0.6) is 0 Å². The Kier molecular flexibility index (Phi) is 1.08. The minimum absolute atomic E-state index is 0.335. The molecule has 52 valence electrons. The van der Waals surface area contributed by atoms with Crippen molar-refractivity contribution in [1.29, 1.82) is 5.26 Å². The van der Waals surface area contributed by atoms with Gasteiger partial charge in [-0.05, 0) is 30.9 Å². The topological polar surface area (TPSA) is 36.1 Å². The first kappa shape index (κ1) is 5.91. The van der Waals surface area contributed by atoms with Gasteiger partial charge in [-0.3, -0.25) is 4.99 Å². The highest BCUT2D eigenvalue weighted by atomic mass is 14.8. The molecule has 2 nitrogen and oxygen atoms in total. The van der Waals surface area contributed by atoms with Crippen LogP contribution in [-0.2, 0) is 0 Å². The van der Waals surface area contributed by atoms with E-state index in [1.165, 1.54) is 0 Å². The highest BCUT2D eigenvalue weighted by molar-refractivity contribution is 5.61. The summed E-state index contributed by atoms with van der Waals surface area (Å²) in [6, 6.07) is 2.30. The van der Waals surface area contributed by atoms with E-state index in [2.05, 4.69) is 11.1 Å². The molecule has 0 radical (unpaired) electrons. The van der Waals surface area contributed by atoms with Gasteiger partial charge >= 0.3 is 0 Å². The second-order valence-corrected chi connectivity index (χ2v) is 3.46. The summed E-state index contributed by atoms with van der Waals surface area (Å²) in [7, 11) is 0. The molecule has 2 aliphatic rings. The molecule has 1 aliphatic carbocycles. The third kappa shape index (κ3) is 0.668. The van der Waals surface area contributed by atoms with Crippen molar-refractivity contribution in [2.24, 2.45) is 16.3 Å². The molecule has 1 aliphatic heterocycles. The normalized spacial score (nSPS) is 43.3. The second-order valence-electron chi connectivity index (χ2n) is 3.46. The largest absolute Gasteiger partial charge is 0.297 e. The summed E-state index contributed by atoms with van der Waals surface area (Å²) in [6.45, 7) is 0.977. The summed E-state index contributed by atoms with van der Waals surface area (Å²) >= 11 is 0. The fraction of sp³-hybridized carbons (Fsp3) is 0.750. The Balaban J connectivity index is 1.96. The van der Waals surface area contributed by atoms with E-state index in [1.54, 1.807) is 0 Å². The van der Waals surface area contributed by atoms with Crippen molar-refractivity contribution in [3.8, 4) is 6.07 Å². The van der Waals surface area contributed by atoms with Gasteiger partial charge in [0.2, 0.25) is 0 Å². The molecule has 2 rings (SSSR count). The highest BCUT2D eigenvalue weighted by Gasteiger charge is 2.45. The molecule has 10 heavy (non-hydrogen) atoms. The van der Waals surface area contributed by atoms with Crippen LogP contribution in [0.4, 0.5) is 0 Å². The zero-order chi connectivity index (χ0) is 7.03. The van der Waals surface area contributed by atoms with Gasteiger partial charge in [-0.25, -0.2) is 0 Å². The molecule has 0 N–H and O–H groups in total. The van der Waals surface area contributed by atoms with Crippen molar-refractivity contribution < 1.29 is 0 Å². The van der Waals surface area contributed by atoms with Crippen LogP contribution in [0.25, 0.3) is 0 Å². The van der Waals surface area contributed by atoms with Crippen molar-refractivity contribution >= 4 is 6.21 Å². The molecule has 0 aromatic carbocycles. The lowest BCUT2D eigenvalue weighted by atomic mass is 9.62. The lowest BCUT2D eigenvalue weighted by Crippen LogP contribution is -2.36. The molecular formula is C8H10N2. The van der Waals surface area contributed by atoms with Gasteiger partial charge < -0.3 is 0 Å². The SMILES string of the molecule is N#CC1CC2(CC=NC2)C1. The van der Waals surface area contributed by atoms with Crippen LogP contribution in [0.15, 0.2) is 4.99 Å². The predicted molar refractivity (Wildman–Crippen MR) is 38.7 cm³/mol. The molecule has 0 amide bonds. The molecule has 1 saturated carbocycles. The molecule has 0 aromatic rings. The Labute approximate surface area is 60.6 Å². The predicted octanol–water partition coefficient (Wildman–Crippen LogP) is 1.38. The number of nitrogens with zero attached hydrogens (tertiary/aromatic N) is 2. The van der Waals surface area contributed by atoms with Gasteiger partial charge in [0.25, 0.3) is 0 Å². The Morgan fingerprint density at radius 2 is 2.40 bits per heavy atom. The molecule has 0 bridgehead atoms. The molecule has 1 heterocycles. The first-order valence-electron chi connectivity index (χ1n) is 3.73. The number of hydrogen-bond donors (Lipinski definition) is 0. The van der Waals surface area contributed by atoms with Crippen LogP contribution in [0.2, 0.25) is 0 Å². The Hall–Kier alpha value is -0.840. The van der Waals surface area contributed by atoms with Crippen LogP contribution in [0.3, 0.4) is 0 Å². The minimum Gasteiger partial charge on any atom is -0.297 e. The zero-order valence-corrected chi connectivity index (χ0v) is 5.88. The van der Waals surface area contributed by atoms with Gasteiger partial charge in [-0.1, -0.05) is 0 Å². The van der Waals surface area contributed by atoms with Gasteiger partial charge in [0.1, 0.15) is 0 Å². The van der Waals surface area contributed by atoms with Gasteiger partial charge in [-0.15, -0.1) is 0 Å². The van der Waals surface area contributed by atoms with Crippen molar-refractivity contribution in [2.75, 3.05) is 6.54 Å². The van der Waals surface area contributed by atoms with Crippen LogP contribution in [0, 0.1) is 22.7 Å². The molecule has 0 unspecified atom stereocenters. The summed E-state index contributed by atoms with van der Waals surface area (Å²) in [5.41, 5.74) is 0.445. The van der Waals surface area contributed by atoms with Gasteiger partial charge in [0, 0.05) is 12.5 Å². The van der Waals surface area contributed by atoms with Crippen molar-refractivity contribution in [2.45, 2.75) is 19.3 Å². The van der Waals surface area contributed by atoms with E-state index < -0.39 is 0 Å². The number of hydrogen-bond acceptors (Lipinski definition) is 2. The molecule has 0 atom stereocenters. The first-order valence-corrected chi connectivity index (χ1v) is 3.73. The maximum Gasteiger partial charge on any atom is 0.0656 e. The van der Waals surface area contributed by atoms with Crippen molar-refractivity contribution in [1.82, 2.24) is 0 Å². The summed E-state index contributed by atoms with van der Waals surface area (Å²) in [4.78, 5) is 4.19. The van der Waals surface area contributed by atoms with Crippen molar-refractivity contribution in [3.05, 3.63) is 0 Å². The van der Waals surface area contributed by atoms with E-state index in [0.29, 0.717) is 11.3 Å². The zero-order valence-electron chi connectivity index (χ0n) is 5.88. The fourth-order valence-electron chi connectivity index (χ4n) is 1.95. The van der Waals surface area contributed by atoms with E-state index in [9.17, 15) is 0 Å². The summed E-state index contributed by atoms with van der Waals surface area (Å²) in [5, 5.41) is 8.54. The lowest BCUT2D eigenvalue weighted by molar-refractivity contribution is 0.118. The van der Waals surface area contributed by atoms with Crippen LogP contribution in [0.1, 0.15) is 19.3 Å². The quantitative estimate of drug-likeness (QED) is 0.493. The summed E-state index contributed by atoms with van der Waals surface area (Å²) in [5.74, 6) is 0.335. The third-order valence-electron chi connectivity index (χ3n) is 2.62. The van der Waals surface area contributed by atoms with Gasteiger partial charge in [0.15, 0.2) is 0 Å².